The van der Waals surface area contributed by atoms with Crippen molar-refractivity contribution in [3.8, 4) is 0 Å². The van der Waals surface area contributed by atoms with Gasteiger partial charge in [0.1, 0.15) is 6.10 Å². The first-order valence-corrected chi connectivity index (χ1v) is 7.18. The van der Waals surface area contributed by atoms with E-state index in [-0.39, 0.29) is 12.1 Å². The molecular formula is C17H28O4. The highest BCUT2D eigenvalue weighted by Crippen LogP contribution is 2.11. The molecular weight excluding hydrogens is 268 g/mol. The monoisotopic (exact) mass is 296 g/mol. The fourth-order valence-corrected chi connectivity index (χ4v) is 1.61. The fraction of sp³-hybridized carbons (Fsp3) is 0.588. The minimum absolute atomic E-state index is 0.0648. The molecule has 0 saturated carbocycles. The van der Waals surface area contributed by atoms with E-state index in [1.54, 1.807) is 26.4 Å². The van der Waals surface area contributed by atoms with Gasteiger partial charge in [-0.1, -0.05) is 38.1 Å². The lowest BCUT2D eigenvalue weighted by atomic mass is 10.00. The minimum atomic E-state index is -0.916. The van der Waals surface area contributed by atoms with Crippen molar-refractivity contribution in [1.82, 2.24) is 0 Å². The predicted octanol–water partition coefficient (Wildman–Crippen LogP) is 3.07. The SMILES string of the molecule is CC(C)Cc1ccc(C(=O)C(C)O)cc1.COC(C)OC. The summed E-state index contributed by atoms with van der Waals surface area (Å²) in [6.45, 7) is 7.65. The number of carbonyl (C=O) groups excluding carboxylic acids is 1. The molecule has 4 heteroatoms. The van der Waals surface area contributed by atoms with Crippen molar-refractivity contribution in [1.29, 1.82) is 0 Å². The Hall–Kier alpha value is -1.23. The molecule has 1 aromatic carbocycles. The third-order valence-corrected chi connectivity index (χ3v) is 2.93. The van der Waals surface area contributed by atoms with Gasteiger partial charge in [-0.3, -0.25) is 4.79 Å². The highest BCUT2D eigenvalue weighted by Gasteiger charge is 2.11. The van der Waals surface area contributed by atoms with Gasteiger partial charge in [-0.15, -0.1) is 0 Å². The number of ketones is 1. The van der Waals surface area contributed by atoms with Crippen molar-refractivity contribution >= 4 is 5.78 Å². The van der Waals surface area contributed by atoms with Gasteiger partial charge in [0.25, 0.3) is 0 Å². The molecule has 0 aliphatic carbocycles. The average molecular weight is 296 g/mol. The second kappa shape index (κ2) is 10.5. The zero-order valence-corrected chi connectivity index (χ0v) is 13.9. The van der Waals surface area contributed by atoms with Crippen LogP contribution in [0, 0.1) is 5.92 Å². The highest BCUT2D eigenvalue weighted by molar-refractivity contribution is 5.99. The maximum absolute atomic E-state index is 11.4. The molecule has 0 aliphatic rings. The van der Waals surface area contributed by atoms with E-state index in [9.17, 15) is 4.79 Å². The molecule has 1 aromatic rings. The summed E-state index contributed by atoms with van der Waals surface area (Å²) in [4.78, 5) is 11.4. The lowest BCUT2D eigenvalue weighted by Gasteiger charge is -2.07. The third kappa shape index (κ3) is 8.60. The summed E-state index contributed by atoms with van der Waals surface area (Å²) in [5, 5.41) is 9.14. The molecule has 0 heterocycles. The Labute approximate surface area is 128 Å². The minimum Gasteiger partial charge on any atom is -0.385 e. The molecule has 1 unspecified atom stereocenters. The molecule has 1 N–H and O–H groups in total. The van der Waals surface area contributed by atoms with Crippen LogP contribution in [0.4, 0.5) is 0 Å². The van der Waals surface area contributed by atoms with Gasteiger partial charge in [0.15, 0.2) is 12.1 Å². The summed E-state index contributed by atoms with van der Waals surface area (Å²) < 4.78 is 9.35. The van der Waals surface area contributed by atoms with Crippen molar-refractivity contribution in [2.45, 2.75) is 46.5 Å². The van der Waals surface area contributed by atoms with Crippen LogP contribution in [0.2, 0.25) is 0 Å². The summed E-state index contributed by atoms with van der Waals surface area (Å²) in [6, 6.07) is 7.48. The van der Waals surface area contributed by atoms with Crippen LogP contribution in [0.15, 0.2) is 24.3 Å². The predicted molar refractivity (Wildman–Crippen MR) is 84.5 cm³/mol. The van der Waals surface area contributed by atoms with Crippen LogP contribution in [-0.4, -0.2) is 37.5 Å². The zero-order valence-electron chi connectivity index (χ0n) is 13.9. The van der Waals surface area contributed by atoms with Gasteiger partial charge in [0.05, 0.1) is 0 Å². The number of benzene rings is 1. The summed E-state index contributed by atoms with van der Waals surface area (Å²) in [5.41, 5.74) is 1.81. The van der Waals surface area contributed by atoms with E-state index in [1.165, 1.54) is 12.5 Å². The molecule has 0 saturated heterocycles. The van der Waals surface area contributed by atoms with Gasteiger partial charge in [-0.2, -0.15) is 0 Å². The van der Waals surface area contributed by atoms with E-state index >= 15 is 0 Å². The number of hydrogen-bond acceptors (Lipinski definition) is 4. The summed E-state index contributed by atoms with van der Waals surface area (Å²) >= 11 is 0. The first-order valence-electron chi connectivity index (χ1n) is 7.18. The van der Waals surface area contributed by atoms with Crippen LogP contribution in [0.5, 0.6) is 0 Å². The van der Waals surface area contributed by atoms with Crippen LogP contribution >= 0.6 is 0 Å². The Morgan fingerprint density at radius 2 is 1.52 bits per heavy atom. The molecule has 0 radical (unpaired) electrons. The number of Topliss-reactive ketones (excluding diaryl/α,β-unsaturated/α-hetero) is 1. The molecule has 4 nitrogen and oxygen atoms in total. The number of ether oxygens (including phenoxy) is 2. The Balaban J connectivity index is 0.000000567. The van der Waals surface area contributed by atoms with Crippen LogP contribution in [0.25, 0.3) is 0 Å². The van der Waals surface area contributed by atoms with E-state index < -0.39 is 6.10 Å². The fourth-order valence-electron chi connectivity index (χ4n) is 1.61. The molecule has 0 fully saturated rings. The number of hydrogen-bond donors (Lipinski definition) is 1. The Morgan fingerprint density at radius 3 is 1.81 bits per heavy atom. The average Bonchev–Trinajstić information content (AvgIpc) is 2.46. The Bertz CT molecular complexity index is 392. The van der Waals surface area contributed by atoms with Crippen molar-refractivity contribution in [2.24, 2.45) is 5.92 Å². The van der Waals surface area contributed by atoms with Crippen LogP contribution in [0.1, 0.15) is 43.6 Å². The van der Waals surface area contributed by atoms with Crippen molar-refractivity contribution in [3.05, 3.63) is 35.4 Å². The molecule has 0 spiro atoms. The van der Waals surface area contributed by atoms with Crippen LogP contribution in [-0.2, 0) is 15.9 Å². The number of methoxy groups -OCH3 is 2. The maximum atomic E-state index is 11.4. The van der Waals surface area contributed by atoms with Crippen LogP contribution in [0.3, 0.4) is 0 Å². The second-order valence-corrected chi connectivity index (χ2v) is 5.37. The van der Waals surface area contributed by atoms with E-state index in [4.69, 9.17) is 5.11 Å². The molecule has 21 heavy (non-hydrogen) atoms. The number of aliphatic hydroxyl groups excluding tert-OH is 1. The highest BCUT2D eigenvalue weighted by atomic mass is 16.7. The summed E-state index contributed by atoms with van der Waals surface area (Å²) in [7, 11) is 3.21. The lowest BCUT2D eigenvalue weighted by Crippen LogP contribution is -2.15. The van der Waals surface area contributed by atoms with Gasteiger partial charge in [0.2, 0.25) is 0 Å². The van der Waals surface area contributed by atoms with E-state index in [1.807, 2.05) is 19.1 Å². The first kappa shape index (κ1) is 19.8. The molecule has 120 valence electrons. The molecule has 0 aromatic heterocycles. The first-order chi connectivity index (χ1) is 9.81. The molecule has 0 aliphatic heterocycles. The zero-order chi connectivity index (χ0) is 16.4. The van der Waals surface area contributed by atoms with E-state index in [0.717, 1.165) is 6.42 Å². The largest absolute Gasteiger partial charge is 0.385 e. The Morgan fingerprint density at radius 1 is 1.05 bits per heavy atom. The van der Waals surface area contributed by atoms with Gasteiger partial charge in [-0.25, -0.2) is 0 Å². The number of rotatable bonds is 6. The van der Waals surface area contributed by atoms with Crippen molar-refractivity contribution in [2.75, 3.05) is 14.2 Å². The van der Waals surface area contributed by atoms with Crippen molar-refractivity contribution in [3.63, 3.8) is 0 Å². The van der Waals surface area contributed by atoms with E-state index in [2.05, 4.69) is 23.3 Å². The second-order valence-electron chi connectivity index (χ2n) is 5.37. The molecule has 0 amide bonds. The summed E-state index contributed by atoms with van der Waals surface area (Å²) in [6.07, 6.45) is 0.0364. The summed E-state index contributed by atoms with van der Waals surface area (Å²) in [5.74, 6) is 0.398. The smallest absolute Gasteiger partial charge is 0.190 e. The van der Waals surface area contributed by atoms with Crippen molar-refractivity contribution < 1.29 is 19.4 Å². The standard InChI is InChI=1S/C13H18O2.C4H10O2/c1-9(2)8-11-4-6-12(7-5-11)13(15)10(3)14;1-4(5-2)6-3/h4-7,9-10,14H,8H2,1-3H3;4H,1-3H3. The van der Waals surface area contributed by atoms with Gasteiger partial charge < -0.3 is 14.6 Å². The number of carbonyl (C=O) groups is 1. The molecule has 0 bridgehead atoms. The van der Waals surface area contributed by atoms with Gasteiger partial charge >= 0.3 is 0 Å². The third-order valence-electron chi connectivity index (χ3n) is 2.93. The normalized spacial score (nSPS) is 12.0. The quantitative estimate of drug-likeness (QED) is 0.647. The van der Waals surface area contributed by atoms with Gasteiger partial charge in [-0.05, 0) is 31.7 Å². The topological polar surface area (TPSA) is 55.8 Å². The number of aliphatic hydroxyl groups is 1. The van der Waals surface area contributed by atoms with Gasteiger partial charge in [0, 0.05) is 19.8 Å². The maximum Gasteiger partial charge on any atom is 0.190 e. The molecule has 1 atom stereocenters. The lowest BCUT2D eigenvalue weighted by molar-refractivity contribution is -0.0877. The molecule has 1 rings (SSSR count). The Kier molecular flexibility index (Phi) is 9.88. The van der Waals surface area contributed by atoms with Crippen LogP contribution < -0.4 is 0 Å². The van der Waals surface area contributed by atoms with E-state index in [0.29, 0.717) is 11.5 Å².